The molecule has 0 spiro atoms. The average Bonchev–Trinajstić information content (AvgIpc) is 1.27. The predicted octanol–water partition coefficient (Wildman–Crippen LogP) is 1.67. The Morgan fingerprint density at radius 3 is 2.43 bits per heavy atom. The van der Waals surface area contributed by atoms with Gasteiger partial charge in [0.15, 0.2) is 0 Å². The van der Waals surface area contributed by atoms with Crippen molar-refractivity contribution in [1.82, 2.24) is 0 Å². The van der Waals surface area contributed by atoms with E-state index in [-0.39, 0.29) is 6.10 Å². The molecule has 2 heteroatoms. The maximum atomic E-state index is 8.63. The number of halogens is 1. The van der Waals surface area contributed by atoms with Gasteiger partial charge in [-0.2, -0.15) is 0 Å². The van der Waals surface area contributed by atoms with Gasteiger partial charge in [-0.3, -0.25) is 0 Å². The van der Waals surface area contributed by atoms with E-state index in [1.807, 2.05) is 0 Å². The first-order chi connectivity index (χ1) is 3.13. The van der Waals surface area contributed by atoms with Crippen LogP contribution in [0.3, 0.4) is 0 Å². The number of aliphatic hydroxyl groups excluding tert-OH is 1. The lowest BCUT2D eigenvalue weighted by molar-refractivity contribution is 0.198. The van der Waals surface area contributed by atoms with Crippen molar-refractivity contribution in [1.29, 1.82) is 0 Å². The molecule has 1 unspecified atom stereocenters. The summed E-state index contributed by atoms with van der Waals surface area (Å²) in [6.45, 7) is 5.28. The Labute approximate surface area is 52.2 Å². The van der Waals surface area contributed by atoms with Crippen LogP contribution < -0.4 is 0 Å². The molecule has 0 saturated carbocycles. The Hall–Kier alpha value is 0.180. The van der Waals surface area contributed by atoms with Crippen LogP contribution in [-0.2, 0) is 0 Å². The molecule has 0 aliphatic heterocycles. The van der Waals surface area contributed by atoms with E-state index in [1.165, 1.54) is 0 Å². The Bertz CT molecular complexity index is 68.5. The minimum Gasteiger partial charge on any atom is -0.393 e. The Morgan fingerprint density at radius 2 is 2.43 bits per heavy atom. The van der Waals surface area contributed by atoms with Crippen molar-refractivity contribution in [2.24, 2.45) is 0 Å². The first kappa shape index (κ1) is 7.18. The van der Waals surface area contributed by atoms with Crippen LogP contribution in [0.25, 0.3) is 0 Å². The molecule has 0 saturated heterocycles. The van der Waals surface area contributed by atoms with Gasteiger partial charge in [0.25, 0.3) is 0 Å². The molecule has 0 radical (unpaired) electrons. The Morgan fingerprint density at radius 1 is 2.00 bits per heavy atom. The quantitative estimate of drug-likeness (QED) is 0.659. The molecule has 0 amide bonds. The molecule has 1 nitrogen and oxygen atoms in total. The van der Waals surface area contributed by atoms with Crippen LogP contribution in [0.15, 0.2) is 11.1 Å². The first-order valence-corrected chi connectivity index (χ1v) is 2.93. The summed E-state index contributed by atoms with van der Waals surface area (Å²) in [5.41, 5.74) is 0. The minimum absolute atomic E-state index is 0.271. The van der Waals surface area contributed by atoms with E-state index in [4.69, 9.17) is 5.11 Å². The standard InChI is InChI=1S/C5H9BrO/c1-4(6)3-5(2)7/h5,7H,1,3H2,2H3. The Kier molecular flexibility index (Phi) is 3.30. The van der Waals surface area contributed by atoms with Crippen molar-refractivity contribution < 1.29 is 5.11 Å². The van der Waals surface area contributed by atoms with Gasteiger partial charge in [-0.15, -0.1) is 0 Å². The van der Waals surface area contributed by atoms with E-state index in [9.17, 15) is 0 Å². The van der Waals surface area contributed by atoms with E-state index in [1.54, 1.807) is 6.92 Å². The molecule has 0 fully saturated rings. The number of hydrogen-bond acceptors (Lipinski definition) is 1. The van der Waals surface area contributed by atoms with Crippen LogP contribution in [0.1, 0.15) is 13.3 Å². The fraction of sp³-hybridized carbons (Fsp3) is 0.600. The molecule has 0 aromatic rings. The van der Waals surface area contributed by atoms with Crippen molar-refractivity contribution in [2.75, 3.05) is 0 Å². The van der Waals surface area contributed by atoms with E-state index in [2.05, 4.69) is 22.5 Å². The summed E-state index contributed by atoms with van der Waals surface area (Å²) in [7, 11) is 0. The molecule has 0 rings (SSSR count). The third-order valence-corrected chi connectivity index (χ3v) is 0.841. The molecule has 42 valence electrons. The van der Waals surface area contributed by atoms with E-state index < -0.39 is 0 Å². The van der Waals surface area contributed by atoms with Crippen LogP contribution >= 0.6 is 15.9 Å². The summed E-state index contributed by atoms with van der Waals surface area (Å²) in [5, 5.41) is 8.63. The summed E-state index contributed by atoms with van der Waals surface area (Å²) in [6, 6.07) is 0. The van der Waals surface area contributed by atoms with Gasteiger partial charge in [-0.05, 0) is 11.4 Å². The zero-order valence-electron chi connectivity index (χ0n) is 4.32. The molecular weight excluding hydrogens is 156 g/mol. The van der Waals surface area contributed by atoms with Gasteiger partial charge in [0, 0.05) is 6.42 Å². The molecule has 0 heterocycles. The fourth-order valence-corrected chi connectivity index (χ4v) is 0.789. The van der Waals surface area contributed by atoms with Crippen LogP contribution in [0.4, 0.5) is 0 Å². The van der Waals surface area contributed by atoms with Crippen LogP contribution in [0.2, 0.25) is 0 Å². The average molecular weight is 165 g/mol. The number of rotatable bonds is 2. The SMILES string of the molecule is C=C(Br)CC(C)O. The zero-order chi connectivity index (χ0) is 5.86. The molecule has 0 aromatic carbocycles. The molecule has 0 aliphatic rings. The normalized spacial score (nSPS) is 13.6. The van der Waals surface area contributed by atoms with Crippen molar-refractivity contribution in [3.8, 4) is 0 Å². The lowest BCUT2D eigenvalue weighted by Gasteiger charge is -1.97. The highest BCUT2D eigenvalue weighted by Gasteiger charge is 1.93. The molecule has 0 bridgehead atoms. The molecule has 0 aliphatic carbocycles. The van der Waals surface area contributed by atoms with Crippen LogP contribution in [0.5, 0.6) is 0 Å². The fourth-order valence-electron chi connectivity index (χ4n) is 0.321. The van der Waals surface area contributed by atoms with Gasteiger partial charge >= 0.3 is 0 Å². The molecule has 7 heavy (non-hydrogen) atoms. The van der Waals surface area contributed by atoms with Crippen molar-refractivity contribution in [2.45, 2.75) is 19.4 Å². The third-order valence-electron chi connectivity index (χ3n) is 0.517. The molecule has 0 aromatic heterocycles. The second-order valence-electron chi connectivity index (χ2n) is 1.57. The lowest BCUT2D eigenvalue weighted by Crippen LogP contribution is -1.96. The van der Waals surface area contributed by atoms with Crippen LogP contribution in [-0.4, -0.2) is 11.2 Å². The maximum Gasteiger partial charge on any atom is 0.0557 e. The highest BCUT2D eigenvalue weighted by molar-refractivity contribution is 9.11. The monoisotopic (exact) mass is 164 g/mol. The maximum absolute atomic E-state index is 8.63. The van der Waals surface area contributed by atoms with Gasteiger partial charge in [-0.1, -0.05) is 22.5 Å². The largest absolute Gasteiger partial charge is 0.393 e. The molecule has 1 N–H and O–H groups in total. The third kappa shape index (κ3) is 6.18. The summed E-state index contributed by atoms with van der Waals surface area (Å²) >= 11 is 3.12. The second kappa shape index (κ2) is 3.22. The van der Waals surface area contributed by atoms with E-state index in [0.717, 1.165) is 4.48 Å². The highest BCUT2D eigenvalue weighted by Crippen LogP contribution is 2.08. The Balaban J connectivity index is 3.13. The lowest BCUT2D eigenvalue weighted by atomic mass is 10.3. The van der Waals surface area contributed by atoms with Gasteiger partial charge in [0.05, 0.1) is 6.10 Å². The van der Waals surface area contributed by atoms with Crippen molar-refractivity contribution in [3.05, 3.63) is 11.1 Å². The smallest absolute Gasteiger partial charge is 0.0557 e. The predicted molar refractivity (Wildman–Crippen MR) is 34.4 cm³/mol. The summed E-state index contributed by atoms with van der Waals surface area (Å²) < 4.78 is 0.850. The van der Waals surface area contributed by atoms with Crippen LogP contribution in [0, 0.1) is 0 Å². The molecule has 1 atom stereocenters. The summed E-state index contributed by atoms with van der Waals surface area (Å²) in [5.74, 6) is 0. The highest BCUT2D eigenvalue weighted by atomic mass is 79.9. The van der Waals surface area contributed by atoms with Gasteiger partial charge in [0.2, 0.25) is 0 Å². The van der Waals surface area contributed by atoms with Gasteiger partial charge in [-0.25, -0.2) is 0 Å². The number of aliphatic hydroxyl groups is 1. The second-order valence-corrected chi connectivity index (χ2v) is 2.69. The first-order valence-electron chi connectivity index (χ1n) is 2.14. The van der Waals surface area contributed by atoms with E-state index >= 15 is 0 Å². The van der Waals surface area contributed by atoms with Crippen molar-refractivity contribution >= 4 is 15.9 Å². The summed E-state index contributed by atoms with van der Waals surface area (Å²) in [4.78, 5) is 0. The van der Waals surface area contributed by atoms with E-state index in [0.29, 0.717) is 6.42 Å². The topological polar surface area (TPSA) is 20.2 Å². The molecular formula is C5H9BrO. The number of hydrogen-bond donors (Lipinski definition) is 1. The van der Waals surface area contributed by atoms with Gasteiger partial charge < -0.3 is 5.11 Å². The minimum atomic E-state index is -0.271. The zero-order valence-corrected chi connectivity index (χ0v) is 5.90. The van der Waals surface area contributed by atoms with Gasteiger partial charge in [0.1, 0.15) is 0 Å². The van der Waals surface area contributed by atoms with Crippen molar-refractivity contribution in [3.63, 3.8) is 0 Å². The summed E-state index contributed by atoms with van der Waals surface area (Å²) in [6.07, 6.45) is 0.367.